The molecule has 0 saturated heterocycles. The summed E-state index contributed by atoms with van der Waals surface area (Å²) in [7, 11) is 3.27. The van der Waals surface area contributed by atoms with E-state index in [1.807, 2.05) is 59.2 Å². The highest BCUT2D eigenvalue weighted by Gasteiger charge is 2.15. The summed E-state index contributed by atoms with van der Waals surface area (Å²) in [5.74, 6) is 1.42. The Morgan fingerprint density at radius 1 is 0.811 bits per heavy atom. The molecular formula is C31H32N4O2. The van der Waals surface area contributed by atoms with Crippen LogP contribution in [0.5, 0.6) is 11.5 Å². The van der Waals surface area contributed by atoms with Gasteiger partial charge in [-0.15, -0.1) is 13.2 Å². The minimum atomic E-state index is 0.459. The predicted molar refractivity (Wildman–Crippen MR) is 149 cm³/mol. The molecule has 0 fully saturated rings. The van der Waals surface area contributed by atoms with E-state index >= 15 is 0 Å². The topological polar surface area (TPSA) is 65.1 Å². The number of hydrogen-bond acceptors (Lipinski definition) is 4. The second-order valence-corrected chi connectivity index (χ2v) is 8.45. The highest BCUT2D eigenvalue weighted by atomic mass is 16.5. The number of hydrogen-bond donors (Lipinski definition) is 1. The Labute approximate surface area is 217 Å². The maximum Gasteiger partial charge on any atom is 0.160 e. The van der Waals surface area contributed by atoms with Crippen LogP contribution in [0.15, 0.2) is 105 Å². The van der Waals surface area contributed by atoms with Crippen molar-refractivity contribution >= 4 is 11.0 Å². The normalized spacial score (nSPS) is 10.5. The van der Waals surface area contributed by atoms with Crippen LogP contribution in [0.1, 0.15) is 11.1 Å². The molecule has 1 N–H and O–H groups in total. The molecule has 3 aromatic carbocycles. The van der Waals surface area contributed by atoms with Crippen LogP contribution in [0, 0.1) is 5.41 Å². The van der Waals surface area contributed by atoms with Gasteiger partial charge in [0.15, 0.2) is 11.5 Å². The van der Waals surface area contributed by atoms with Crippen molar-refractivity contribution in [3.05, 3.63) is 121 Å². The van der Waals surface area contributed by atoms with E-state index in [0.29, 0.717) is 30.1 Å². The molecule has 0 aliphatic carbocycles. The van der Waals surface area contributed by atoms with Gasteiger partial charge in [0.2, 0.25) is 0 Å². The van der Waals surface area contributed by atoms with E-state index < -0.39 is 0 Å². The highest BCUT2D eigenvalue weighted by molar-refractivity contribution is 5.93. The Balaban J connectivity index is 0.00000156. The van der Waals surface area contributed by atoms with Gasteiger partial charge in [-0.05, 0) is 35.2 Å². The highest BCUT2D eigenvalue weighted by Crippen LogP contribution is 2.29. The lowest BCUT2D eigenvalue weighted by Crippen LogP contribution is -2.22. The van der Waals surface area contributed by atoms with Crippen molar-refractivity contribution in [3.8, 4) is 22.6 Å². The summed E-state index contributed by atoms with van der Waals surface area (Å²) in [5, 5.41) is 9.96. The van der Waals surface area contributed by atoms with Gasteiger partial charge in [-0.25, -0.2) is 4.98 Å². The van der Waals surface area contributed by atoms with Gasteiger partial charge in [-0.2, -0.15) is 0 Å². The number of ether oxygens (including phenoxy) is 2. The first-order valence-corrected chi connectivity index (χ1v) is 12.1. The molecule has 188 valence electrons. The number of aromatic nitrogens is 3. The monoisotopic (exact) mass is 492 g/mol. The lowest BCUT2D eigenvalue weighted by molar-refractivity contribution is 0.354. The Morgan fingerprint density at radius 2 is 1.49 bits per heavy atom. The van der Waals surface area contributed by atoms with E-state index in [-0.39, 0.29) is 0 Å². The number of nitrogens with one attached hydrogen (secondary N) is 1. The molecule has 0 aliphatic rings. The van der Waals surface area contributed by atoms with Crippen LogP contribution in [0.2, 0.25) is 0 Å². The maximum absolute atomic E-state index is 9.10. The number of methoxy groups -OCH3 is 2. The molecule has 5 rings (SSSR count). The number of nitrogens with zero attached hydrogens (tertiary/aromatic N) is 3. The lowest BCUT2D eigenvalue weighted by atomic mass is 10.1. The molecule has 0 bridgehead atoms. The maximum atomic E-state index is 9.10. The average molecular weight is 493 g/mol. The second kappa shape index (κ2) is 11.9. The van der Waals surface area contributed by atoms with E-state index in [0.717, 1.165) is 34.1 Å². The van der Waals surface area contributed by atoms with E-state index in [4.69, 9.17) is 19.9 Å². The molecule has 0 amide bonds. The quantitative estimate of drug-likeness (QED) is 0.266. The molecule has 2 aromatic heterocycles. The molecule has 0 aliphatic heterocycles. The van der Waals surface area contributed by atoms with Gasteiger partial charge >= 0.3 is 0 Å². The fourth-order valence-electron chi connectivity index (χ4n) is 4.44. The predicted octanol–water partition coefficient (Wildman–Crippen LogP) is 6.09. The lowest BCUT2D eigenvalue weighted by Gasteiger charge is -2.11. The Morgan fingerprint density at radius 3 is 2.16 bits per heavy atom. The Hall–Kier alpha value is -4.58. The van der Waals surface area contributed by atoms with Gasteiger partial charge in [-0.3, -0.25) is 5.41 Å². The largest absolute Gasteiger partial charge is 0.493 e. The van der Waals surface area contributed by atoms with E-state index in [2.05, 4.69) is 48.2 Å². The first-order valence-electron chi connectivity index (χ1n) is 12.1. The van der Waals surface area contributed by atoms with Crippen LogP contribution in [-0.4, -0.2) is 28.3 Å². The third-order valence-corrected chi connectivity index (χ3v) is 6.26. The first kappa shape index (κ1) is 25.5. The molecule has 0 radical (unpaired) electrons. The number of rotatable bonds is 8. The zero-order chi connectivity index (χ0) is 26.2. The summed E-state index contributed by atoms with van der Waals surface area (Å²) in [6.45, 7) is 7.33. The molecule has 6 nitrogen and oxygen atoms in total. The van der Waals surface area contributed by atoms with Crippen LogP contribution < -0.4 is 15.0 Å². The molecule has 2 heterocycles. The van der Waals surface area contributed by atoms with Crippen molar-refractivity contribution < 1.29 is 9.47 Å². The minimum absolute atomic E-state index is 0.459. The van der Waals surface area contributed by atoms with Gasteiger partial charge in [0, 0.05) is 24.8 Å². The average Bonchev–Trinajstić information content (AvgIpc) is 3.33. The van der Waals surface area contributed by atoms with Crippen molar-refractivity contribution in [3.63, 3.8) is 0 Å². The van der Waals surface area contributed by atoms with Crippen molar-refractivity contribution in [2.24, 2.45) is 0 Å². The van der Waals surface area contributed by atoms with Crippen LogP contribution in [0.25, 0.3) is 22.2 Å². The summed E-state index contributed by atoms with van der Waals surface area (Å²) in [6, 6.07) is 26.5. The molecule has 37 heavy (non-hydrogen) atoms. The van der Waals surface area contributed by atoms with Crippen molar-refractivity contribution in [2.45, 2.75) is 19.5 Å². The summed E-state index contributed by atoms with van der Waals surface area (Å²) >= 11 is 0. The van der Waals surface area contributed by atoms with Crippen molar-refractivity contribution in [1.82, 2.24) is 14.1 Å². The smallest absolute Gasteiger partial charge is 0.160 e. The van der Waals surface area contributed by atoms with Gasteiger partial charge in [0.1, 0.15) is 11.1 Å². The summed E-state index contributed by atoms with van der Waals surface area (Å²) in [4.78, 5) is 4.82. The van der Waals surface area contributed by atoms with Gasteiger partial charge in [0.25, 0.3) is 0 Å². The minimum Gasteiger partial charge on any atom is -0.493 e. The zero-order valence-electron chi connectivity index (χ0n) is 21.4. The molecule has 6 heteroatoms. The Kier molecular flexibility index (Phi) is 8.21. The number of benzene rings is 3. The third kappa shape index (κ3) is 5.48. The van der Waals surface area contributed by atoms with Gasteiger partial charge < -0.3 is 18.6 Å². The molecule has 5 aromatic rings. The van der Waals surface area contributed by atoms with Crippen LogP contribution in [0.4, 0.5) is 0 Å². The molecule has 0 saturated carbocycles. The van der Waals surface area contributed by atoms with Crippen LogP contribution in [-0.2, 0) is 19.5 Å². The van der Waals surface area contributed by atoms with Crippen LogP contribution >= 0.6 is 0 Å². The van der Waals surface area contributed by atoms with Crippen molar-refractivity contribution in [1.29, 1.82) is 5.41 Å². The van der Waals surface area contributed by atoms with E-state index in [1.165, 1.54) is 5.56 Å². The fraction of sp³-hybridized carbons (Fsp3) is 0.161. The standard InChI is InChI=1S/C29H28N4O2.C2H4/c1-34-25-14-13-21(17-26(25)35-2)15-16-32-20-31-29-27(28(32)30)24(23-11-7-4-8-12-23)19-33(29)18-22-9-5-3-6-10-22;1-2/h3-14,17,19-20,30H,15-16,18H2,1-2H3;1-2H2. The Bertz CT molecular complexity index is 1520. The molecule has 0 atom stereocenters. The van der Waals surface area contributed by atoms with Crippen molar-refractivity contribution in [2.75, 3.05) is 14.2 Å². The van der Waals surface area contributed by atoms with E-state index in [1.54, 1.807) is 20.5 Å². The van der Waals surface area contributed by atoms with Gasteiger partial charge in [-0.1, -0.05) is 66.7 Å². The first-order chi connectivity index (χ1) is 18.2. The SMILES string of the molecule is C=C.COc1ccc(CCn2cnc3c(c(-c4ccccc4)cn3Cc3ccccc3)c2=N)cc1OC. The number of fused-ring (bicyclic) bond motifs is 1. The number of aryl methyl sites for hydroxylation is 2. The third-order valence-electron chi connectivity index (χ3n) is 6.26. The van der Waals surface area contributed by atoms with E-state index in [9.17, 15) is 0 Å². The zero-order valence-corrected chi connectivity index (χ0v) is 21.4. The van der Waals surface area contributed by atoms with Gasteiger partial charge in [0.05, 0.1) is 25.9 Å². The molecule has 0 unspecified atom stereocenters. The van der Waals surface area contributed by atoms with Crippen LogP contribution in [0.3, 0.4) is 0 Å². The summed E-state index contributed by atoms with van der Waals surface area (Å²) in [6.07, 6.45) is 4.65. The summed E-state index contributed by atoms with van der Waals surface area (Å²) in [5.41, 5.74) is 5.69. The molecular weight excluding hydrogens is 460 g/mol. The second-order valence-electron chi connectivity index (χ2n) is 8.45. The molecule has 0 spiro atoms. The summed E-state index contributed by atoms with van der Waals surface area (Å²) < 4.78 is 14.8. The fourth-order valence-corrected chi connectivity index (χ4v) is 4.44.